The highest BCUT2D eigenvalue weighted by Crippen LogP contribution is 2.65. The van der Waals surface area contributed by atoms with Crippen molar-refractivity contribution in [3.63, 3.8) is 0 Å². The molecule has 0 amide bonds. The molecule has 3 fully saturated rings. The minimum absolute atomic E-state index is 0.508. The van der Waals surface area contributed by atoms with Gasteiger partial charge in [0.05, 0.1) is 0 Å². The molecule has 1 nitrogen and oxygen atoms in total. The van der Waals surface area contributed by atoms with Gasteiger partial charge in [-0.1, -0.05) is 29.3 Å². The fraction of sp³-hybridized carbons (Fsp3) is 0.667. The van der Waals surface area contributed by atoms with Gasteiger partial charge in [-0.15, -0.1) is 0 Å². The summed E-state index contributed by atoms with van der Waals surface area (Å²) in [5.74, 6) is 4.21. The van der Waals surface area contributed by atoms with Crippen molar-refractivity contribution in [2.24, 2.45) is 23.7 Å². The lowest BCUT2D eigenvalue weighted by atomic mass is 10.0. The molecule has 2 bridgehead atoms. The van der Waals surface area contributed by atoms with Crippen molar-refractivity contribution in [3.05, 3.63) is 34.9 Å². The third-order valence-corrected chi connectivity index (χ3v) is 5.92. The maximum absolute atomic E-state index is 3.93. The number of aryl methyl sites for hydroxylation is 2. The fourth-order valence-electron chi connectivity index (χ4n) is 5.19. The lowest BCUT2D eigenvalue weighted by Crippen LogP contribution is -2.26. The Morgan fingerprint density at radius 2 is 1.58 bits per heavy atom. The summed E-state index contributed by atoms with van der Waals surface area (Å²) in [6, 6.07) is 8.30. The van der Waals surface area contributed by atoms with E-state index in [0.717, 1.165) is 29.7 Å². The van der Waals surface area contributed by atoms with E-state index in [9.17, 15) is 0 Å². The molecule has 0 aromatic heterocycles. The first-order chi connectivity index (χ1) is 9.13. The van der Waals surface area contributed by atoms with E-state index in [-0.39, 0.29) is 0 Å². The predicted octanol–water partition coefficient (Wildman–Crippen LogP) is 4.00. The van der Waals surface area contributed by atoms with Gasteiger partial charge in [-0.05, 0) is 69.3 Å². The average molecular weight is 255 g/mol. The standard InChI is InChI=1S/C18H25N/c1-10-6-11(2)8-15(7-10)12(3)19-18-16-13-4-5-14(9-13)17(16)18/h6-8,12-14,16-19H,4-5,9H2,1-3H3. The van der Waals surface area contributed by atoms with E-state index in [1.165, 1.54) is 29.5 Å². The smallest absolute Gasteiger partial charge is 0.0294 e. The number of hydrogen-bond donors (Lipinski definition) is 1. The molecule has 1 aromatic carbocycles. The van der Waals surface area contributed by atoms with Crippen molar-refractivity contribution in [3.8, 4) is 0 Å². The van der Waals surface area contributed by atoms with E-state index < -0.39 is 0 Å². The van der Waals surface area contributed by atoms with Gasteiger partial charge in [0.1, 0.15) is 0 Å². The molecule has 3 saturated carbocycles. The van der Waals surface area contributed by atoms with Gasteiger partial charge in [0.25, 0.3) is 0 Å². The van der Waals surface area contributed by atoms with Crippen LogP contribution in [0.3, 0.4) is 0 Å². The molecule has 5 unspecified atom stereocenters. The maximum atomic E-state index is 3.93. The number of hydrogen-bond acceptors (Lipinski definition) is 1. The summed E-state index contributed by atoms with van der Waals surface area (Å²) >= 11 is 0. The molecule has 1 aromatic rings. The molecule has 0 heterocycles. The van der Waals surface area contributed by atoms with Gasteiger partial charge in [0, 0.05) is 12.1 Å². The van der Waals surface area contributed by atoms with Crippen LogP contribution in [0.25, 0.3) is 0 Å². The summed E-state index contributed by atoms with van der Waals surface area (Å²) in [6.45, 7) is 6.74. The molecule has 0 saturated heterocycles. The largest absolute Gasteiger partial charge is 0.307 e. The number of rotatable bonds is 3. The maximum Gasteiger partial charge on any atom is 0.0294 e. The summed E-state index contributed by atoms with van der Waals surface area (Å²) in [7, 11) is 0. The second kappa shape index (κ2) is 4.09. The summed E-state index contributed by atoms with van der Waals surface area (Å²) in [6.07, 6.45) is 4.58. The van der Waals surface area contributed by atoms with Gasteiger partial charge in [0.2, 0.25) is 0 Å². The van der Waals surface area contributed by atoms with E-state index >= 15 is 0 Å². The SMILES string of the molecule is Cc1cc(C)cc(C(C)NC2C3C4CCC(C4)C23)c1. The highest BCUT2D eigenvalue weighted by molar-refractivity contribution is 5.31. The van der Waals surface area contributed by atoms with Crippen molar-refractivity contribution in [2.75, 3.05) is 0 Å². The van der Waals surface area contributed by atoms with Crippen LogP contribution in [-0.2, 0) is 0 Å². The third kappa shape index (κ3) is 1.86. The van der Waals surface area contributed by atoms with Gasteiger partial charge in [0.15, 0.2) is 0 Å². The summed E-state index contributed by atoms with van der Waals surface area (Å²) < 4.78 is 0. The first kappa shape index (κ1) is 12.0. The van der Waals surface area contributed by atoms with Crippen molar-refractivity contribution in [1.29, 1.82) is 0 Å². The van der Waals surface area contributed by atoms with Crippen LogP contribution in [0.4, 0.5) is 0 Å². The Labute approximate surface area is 116 Å². The van der Waals surface area contributed by atoms with E-state index in [0.29, 0.717) is 6.04 Å². The first-order valence-electron chi connectivity index (χ1n) is 7.98. The topological polar surface area (TPSA) is 12.0 Å². The van der Waals surface area contributed by atoms with Gasteiger partial charge >= 0.3 is 0 Å². The highest BCUT2D eigenvalue weighted by atomic mass is 15.0. The van der Waals surface area contributed by atoms with E-state index in [1.54, 1.807) is 6.42 Å². The van der Waals surface area contributed by atoms with Gasteiger partial charge in [-0.25, -0.2) is 0 Å². The number of benzene rings is 1. The first-order valence-corrected chi connectivity index (χ1v) is 7.98. The van der Waals surface area contributed by atoms with E-state index in [4.69, 9.17) is 0 Å². The average Bonchev–Trinajstić information content (AvgIpc) is 2.76. The minimum Gasteiger partial charge on any atom is -0.307 e. The van der Waals surface area contributed by atoms with Crippen LogP contribution in [0, 0.1) is 37.5 Å². The molecule has 3 aliphatic carbocycles. The zero-order chi connectivity index (χ0) is 13.1. The molecule has 0 spiro atoms. The molecule has 1 N–H and O–H groups in total. The van der Waals surface area contributed by atoms with Gasteiger partial charge in [-0.2, -0.15) is 0 Å². The Balaban J connectivity index is 1.46. The van der Waals surface area contributed by atoms with Crippen molar-refractivity contribution in [1.82, 2.24) is 5.32 Å². The molecule has 1 heteroatoms. The van der Waals surface area contributed by atoms with Gasteiger partial charge in [-0.3, -0.25) is 0 Å². The number of nitrogens with one attached hydrogen (secondary N) is 1. The number of fused-ring (bicyclic) bond motifs is 5. The zero-order valence-electron chi connectivity index (χ0n) is 12.3. The lowest BCUT2D eigenvalue weighted by molar-refractivity contribution is 0.433. The Bertz CT molecular complexity index is 470. The molecular formula is C18H25N. The quantitative estimate of drug-likeness (QED) is 0.861. The van der Waals surface area contributed by atoms with E-state index in [2.05, 4.69) is 44.3 Å². The van der Waals surface area contributed by atoms with Crippen LogP contribution in [0.1, 0.15) is 48.9 Å². The lowest BCUT2D eigenvalue weighted by Gasteiger charge is -2.18. The Kier molecular flexibility index (Phi) is 2.57. The second-order valence-electron chi connectivity index (χ2n) is 7.32. The monoisotopic (exact) mass is 255 g/mol. The summed E-state index contributed by atoms with van der Waals surface area (Å²) in [5, 5.41) is 3.93. The molecule has 4 rings (SSSR count). The Morgan fingerprint density at radius 1 is 1.00 bits per heavy atom. The fourth-order valence-corrected chi connectivity index (χ4v) is 5.19. The normalized spacial score (nSPS) is 40.3. The third-order valence-electron chi connectivity index (χ3n) is 5.92. The Morgan fingerprint density at radius 3 is 2.16 bits per heavy atom. The van der Waals surface area contributed by atoms with E-state index in [1.807, 2.05) is 0 Å². The summed E-state index contributed by atoms with van der Waals surface area (Å²) in [5.41, 5.74) is 4.24. The van der Waals surface area contributed by atoms with Gasteiger partial charge < -0.3 is 5.32 Å². The molecule has 3 aliphatic rings. The van der Waals surface area contributed by atoms with Crippen molar-refractivity contribution in [2.45, 2.75) is 52.1 Å². The highest BCUT2D eigenvalue weighted by Gasteiger charge is 2.64. The second-order valence-corrected chi connectivity index (χ2v) is 7.32. The molecule has 0 aliphatic heterocycles. The van der Waals surface area contributed by atoms with Crippen LogP contribution in [-0.4, -0.2) is 6.04 Å². The van der Waals surface area contributed by atoms with Crippen LogP contribution in [0.2, 0.25) is 0 Å². The molecule has 0 radical (unpaired) electrons. The zero-order valence-corrected chi connectivity index (χ0v) is 12.3. The van der Waals surface area contributed by atoms with Crippen LogP contribution >= 0.6 is 0 Å². The predicted molar refractivity (Wildman–Crippen MR) is 79.1 cm³/mol. The minimum atomic E-state index is 0.508. The van der Waals surface area contributed by atoms with Crippen molar-refractivity contribution < 1.29 is 0 Å². The van der Waals surface area contributed by atoms with Crippen LogP contribution in [0.5, 0.6) is 0 Å². The molecule has 102 valence electrons. The van der Waals surface area contributed by atoms with Crippen LogP contribution < -0.4 is 5.32 Å². The molecular weight excluding hydrogens is 230 g/mol. The Hall–Kier alpha value is -0.820. The van der Waals surface area contributed by atoms with Crippen LogP contribution in [0.15, 0.2) is 18.2 Å². The molecule has 5 atom stereocenters. The summed E-state index contributed by atoms with van der Waals surface area (Å²) in [4.78, 5) is 0. The molecule has 19 heavy (non-hydrogen) atoms. The van der Waals surface area contributed by atoms with Crippen molar-refractivity contribution >= 4 is 0 Å².